The Kier molecular flexibility index (Phi) is 3.83. The number of aldehydes is 1. The van der Waals surface area contributed by atoms with Crippen molar-refractivity contribution >= 4 is 17.6 Å². The van der Waals surface area contributed by atoms with Crippen LogP contribution in [-0.2, 0) is 11.2 Å². The van der Waals surface area contributed by atoms with Gasteiger partial charge >= 0.3 is 0 Å². The molecule has 2 aromatic heterocycles. The predicted molar refractivity (Wildman–Crippen MR) is 66.6 cm³/mol. The van der Waals surface area contributed by atoms with E-state index < -0.39 is 0 Å². The lowest BCUT2D eigenvalue weighted by molar-refractivity contribution is -0.107. The summed E-state index contributed by atoms with van der Waals surface area (Å²) in [4.78, 5) is 17.0. The van der Waals surface area contributed by atoms with Crippen molar-refractivity contribution in [2.24, 2.45) is 0 Å². The van der Waals surface area contributed by atoms with Crippen molar-refractivity contribution in [3.05, 3.63) is 41.4 Å². The molecule has 3 heteroatoms. The van der Waals surface area contributed by atoms with Gasteiger partial charge in [0.1, 0.15) is 6.29 Å². The second kappa shape index (κ2) is 5.56. The lowest BCUT2D eigenvalue weighted by Gasteiger charge is -1.94. The summed E-state index contributed by atoms with van der Waals surface area (Å²) >= 11 is 1.76. The van der Waals surface area contributed by atoms with Gasteiger partial charge in [0.05, 0.1) is 10.6 Å². The van der Waals surface area contributed by atoms with E-state index in [2.05, 4.69) is 17.1 Å². The largest absolute Gasteiger partial charge is 0.303 e. The monoisotopic (exact) mass is 231 g/mol. The smallest absolute Gasteiger partial charge is 0.120 e. The van der Waals surface area contributed by atoms with Crippen LogP contribution in [0.25, 0.3) is 10.6 Å². The highest BCUT2D eigenvalue weighted by Gasteiger charge is 2.02. The minimum Gasteiger partial charge on any atom is -0.303 e. The average molecular weight is 231 g/mol. The molecule has 0 saturated heterocycles. The molecular weight excluding hydrogens is 218 g/mol. The number of aromatic nitrogens is 1. The zero-order chi connectivity index (χ0) is 11.2. The van der Waals surface area contributed by atoms with E-state index >= 15 is 0 Å². The molecule has 0 bridgehead atoms. The molecule has 0 aromatic carbocycles. The molecule has 0 aliphatic carbocycles. The Balaban J connectivity index is 2.05. The van der Waals surface area contributed by atoms with Crippen molar-refractivity contribution in [3.63, 3.8) is 0 Å². The summed E-state index contributed by atoms with van der Waals surface area (Å²) in [7, 11) is 0. The molecule has 2 rings (SSSR count). The van der Waals surface area contributed by atoms with Crippen LogP contribution in [0.3, 0.4) is 0 Å². The zero-order valence-electron chi connectivity index (χ0n) is 8.93. The number of hydrogen-bond donors (Lipinski definition) is 0. The van der Waals surface area contributed by atoms with Crippen LogP contribution in [0.5, 0.6) is 0 Å². The maximum absolute atomic E-state index is 10.2. The van der Waals surface area contributed by atoms with Crippen LogP contribution in [-0.4, -0.2) is 11.3 Å². The van der Waals surface area contributed by atoms with E-state index in [4.69, 9.17) is 0 Å². The third-order valence-corrected chi connectivity index (χ3v) is 3.49. The normalized spacial score (nSPS) is 10.2. The Morgan fingerprint density at radius 1 is 1.25 bits per heavy atom. The lowest BCUT2D eigenvalue weighted by Crippen LogP contribution is -1.80. The van der Waals surface area contributed by atoms with Gasteiger partial charge in [-0.3, -0.25) is 4.98 Å². The molecule has 0 aliphatic heterocycles. The van der Waals surface area contributed by atoms with Crippen LogP contribution in [0, 0.1) is 0 Å². The van der Waals surface area contributed by atoms with Gasteiger partial charge in [0.2, 0.25) is 0 Å². The van der Waals surface area contributed by atoms with Crippen molar-refractivity contribution in [3.8, 4) is 10.6 Å². The number of carbonyl (C=O) groups is 1. The molecule has 82 valence electrons. The van der Waals surface area contributed by atoms with Gasteiger partial charge in [-0.15, -0.1) is 11.3 Å². The SMILES string of the molecule is O=CCCCc1ccc(-c2ccccn2)s1. The second-order valence-corrected chi connectivity index (χ2v) is 4.71. The fraction of sp³-hybridized carbons (Fsp3) is 0.231. The van der Waals surface area contributed by atoms with Gasteiger partial charge in [-0.05, 0) is 37.1 Å². The molecule has 0 unspecified atom stereocenters. The third-order valence-electron chi connectivity index (χ3n) is 2.32. The molecule has 0 aliphatic rings. The molecule has 0 N–H and O–H groups in total. The molecular formula is C13H13NOS. The molecule has 2 nitrogen and oxygen atoms in total. The lowest BCUT2D eigenvalue weighted by atomic mass is 10.2. The number of hydrogen-bond acceptors (Lipinski definition) is 3. The fourth-order valence-electron chi connectivity index (χ4n) is 1.52. The molecule has 16 heavy (non-hydrogen) atoms. The number of pyridine rings is 1. The topological polar surface area (TPSA) is 30.0 Å². The maximum Gasteiger partial charge on any atom is 0.120 e. The van der Waals surface area contributed by atoms with Crippen molar-refractivity contribution < 1.29 is 4.79 Å². The van der Waals surface area contributed by atoms with Crippen LogP contribution in [0.1, 0.15) is 17.7 Å². The number of thiophene rings is 1. The van der Waals surface area contributed by atoms with Crippen LogP contribution in [0.15, 0.2) is 36.5 Å². The van der Waals surface area contributed by atoms with E-state index in [0.717, 1.165) is 24.8 Å². The van der Waals surface area contributed by atoms with Gasteiger partial charge in [0.15, 0.2) is 0 Å². The summed E-state index contributed by atoms with van der Waals surface area (Å²) in [5.41, 5.74) is 1.02. The third kappa shape index (κ3) is 2.76. The highest BCUT2D eigenvalue weighted by Crippen LogP contribution is 2.27. The van der Waals surface area contributed by atoms with E-state index in [0.29, 0.717) is 6.42 Å². The summed E-state index contributed by atoms with van der Waals surface area (Å²) in [6, 6.07) is 10.2. The van der Waals surface area contributed by atoms with Crippen LogP contribution < -0.4 is 0 Å². The first-order valence-electron chi connectivity index (χ1n) is 5.34. The van der Waals surface area contributed by atoms with Gasteiger partial charge in [-0.2, -0.15) is 0 Å². The first-order valence-corrected chi connectivity index (χ1v) is 6.15. The van der Waals surface area contributed by atoms with Gasteiger partial charge in [-0.25, -0.2) is 0 Å². The summed E-state index contributed by atoms with van der Waals surface area (Å²) in [6.07, 6.45) is 5.35. The minimum atomic E-state index is 0.650. The maximum atomic E-state index is 10.2. The molecule has 0 amide bonds. The Bertz CT molecular complexity index is 450. The fourth-order valence-corrected chi connectivity index (χ4v) is 2.54. The number of rotatable bonds is 5. The van der Waals surface area contributed by atoms with Gasteiger partial charge < -0.3 is 4.79 Å². The molecule has 0 spiro atoms. The van der Waals surface area contributed by atoms with Crippen LogP contribution in [0.4, 0.5) is 0 Å². The molecule has 0 saturated carbocycles. The Labute approximate surface area is 99.0 Å². The summed E-state index contributed by atoms with van der Waals surface area (Å²) in [6.45, 7) is 0. The summed E-state index contributed by atoms with van der Waals surface area (Å²) in [5, 5.41) is 0. The quantitative estimate of drug-likeness (QED) is 0.583. The van der Waals surface area contributed by atoms with E-state index in [1.807, 2.05) is 18.2 Å². The minimum absolute atomic E-state index is 0.650. The Hall–Kier alpha value is -1.48. The molecule has 0 fully saturated rings. The molecule has 2 aromatic rings. The van der Waals surface area contributed by atoms with Crippen LogP contribution >= 0.6 is 11.3 Å². The molecule has 0 radical (unpaired) electrons. The predicted octanol–water partition coefficient (Wildman–Crippen LogP) is 3.33. The van der Waals surface area contributed by atoms with E-state index in [9.17, 15) is 4.79 Å². The zero-order valence-corrected chi connectivity index (χ0v) is 9.74. The second-order valence-electron chi connectivity index (χ2n) is 3.54. The number of nitrogens with zero attached hydrogens (tertiary/aromatic N) is 1. The van der Waals surface area contributed by atoms with Crippen molar-refractivity contribution in [1.29, 1.82) is 0 Å². The number of carbonyl (C=O) groups excluding carboxylic acids is 1. The van der Waals surface area contributed by atoms with Crippen molar-refractivity contribution in [1.82, 2.24) is 4.98 Å². The highest BCUT2D eigenvalue weighted by molar-refractivity contribution is 7.15. The average Bonchev–Trinajstić information content (AvgIpc) is 2.79. The highest BCUT2D eigenvalue weighted by atomic mass is 32.1. The van der Waals surface area contributed by atoms with E-state index in [-0.39, 0.29) is 0 Å². The first-order chi connectivity index (χ1) is 7.90. The number of unbranched alkanes of at least 4 members (excludes halogenated alkanes) is 1. The summed E-state index contributed by atoms with van der Waals surface area (Å²) < 4.78 is 0. The first kappa shape index (κ1) is 11.0. The standard InChI is InChI=1S/C13H13NOS/c15-10-4-2-5-11-7-8-13(16-11)12-6-1-3-9-14-12/h1,3,6-10H,2,4-5H2. The van der Waals surface area contributed by atoms with Gasteiger partial charge in [0.25, 0.3) is 0 Å². The number of aryl methyl sites for hydroxylation is 1. The van der Waals surface area contributed by atoms with Gasteiger partial charge in [-0.1, -0.05) is 6.07 Å². The summed E-state index contributed by atoms with van der Waals surface area (Å²) in [5.74, 6) is 0. The Morgan fingerprint density at radius 3 is 2.94 bits per heavy atom. The van der Waals surface area contributed by atoms with Crippen LogP contribution in [0.2, 0.25) is 0 Å². The van der Waals surface area contributed by atoms with E-state index in [1.165, 1.54) is 9.75 Å². The Morgan fingerprint density at radius 2 is 2.19 bits per heavy atom. The van der Waals surface area contributed by atoms with Crippen molar-refractivity contribution in [2.45, 2.75) is 19.3 Å². The van der Waals surface area contributed by atoms with Gasteiger partial charge in [0, 0.05) is 17.5 Å². The van der Waals surface area contributed by atoms with Crippen molar-refractivity contribution in [2.75, 3.05) is 0 Å². The van der Waals surface area contributed by atoms with E-state index in [1.54, 1.807) is 17.5 Å². The molecule has 2 heterocycles. The molecule has 0 atom stereocenters.